The first-order chi connectivity index (χ1) is 28.0. The number of likely N-dealkylation sites (N-methyl/N-ethyl adjacent to an activating group) is 1. The van der Waals surface area contributed by atoms with Crippen LogP contribution in [-0.4, -0.2) is 70.0 Å². The molecular weight excluding hydrogens is 750 g/mol. The van der Waals surface area contributed by atoms with Gasteiger partial charge < -0.3 is 27.9 Å². The molecular formula is C48H90NO8P. The maximum Gasteiger partial charge on any atom is 0.306 e. The van der Waals surface area contributed by atoms with Crippen LogP contribution >= 0.6 is 7.82 Å². The minimum absolute atomic E-state index is 0.0329. The van der Waals surface area contributed by atoms with E-state index in [9.17, 15) is 19.0 Å². The number of hydrogen-bond acceptors (Lipinski definition) is 8. The lowest BCUT2D eigenvalue weighted by atomic mass is 10.0. The molecule has 58 heavy (non-hydrogen) atoms. The quantitative estimate of drug-likeness (QED) is 0.0196. The van der Waals surface area contributed by atoms with Gasteiger partial charge in [0.05, 0.1) is 27.7 Å². The Morgan fingerprint density at radius 2 is 0.983 bits per heavy atom. The molecule has 0 heterocycles. The molecule has 0 aliphatic carbocycles. The van der Waals surface area contributed by atoms with Gasteiger partial charge in [-0.1, -0.05) is 185 Å². The summed E-state index contributed by atoms with van der Waals surface area (Å²) >= 11 is 0. The van der Waals surface area contributed by atoms with Gasteiger partial charge in [0.1, 0.15) is 19.8 Å². The van der Waals surface area contributed by atoms with Crippen LogP contribution in [0.3, 0.4) is 0 Å². The number of hydrogen-bond donors (Lipinski definition) is 0. The van der Waals surface area contributed by atoms with Gasteiger partial charge in [0.15, 0.2) is 6.10 Å². The third-order valence-electron chi connectivity index (χ3n) is 10.2. The number of nitrogens with zero attached hydrogens (tertiary/aromatic N) is 1. The van der Waals surface area contributed by atoms with Gasteiger partial charge in [-0.15, -0.1) is 0 Å². The average Bonchev–Trinajstić information content (AvgIpc) is 3.17. The normalized spacial score (nSPS) is 13.8. The lowest BCUT2D eigenvalue weighted by Gasteiger charge is -2.28. The molecule has 0 rings (SSSR count). The number of ether oxygens (including phenoxy) is 2. The highest BCUT2D eigenvalue weighted by Gasteiger charge is 2.21. The fraction of sp³-hybridized carbons (Fsp3) is 0.833. The standard InChI is InChI=1S/C48H90NO8P/c1-6-8-10-12-14-16-18-20-22-23-24-25-27-29-31-33-35-37-39-41-48(51)57-46(45-56-58(52,53)55-43-42-49(3,4)5)44-54-47(50)40-38-36-34-32-30-28-26-21-19-17-15-13-11-9-7-2/h9,11,15,17,21,26,46H,6-8,10,12-14,16,18-20,22-25,27-45H2,1-5H3/b11-9-,17-15-,26-21-/t46-/m1/s1. The minimum atomic E-state index is -4.63. The third kappa shape index (κ3) is 43.8. The molecule has 10 heteroatoms. The van der Waals surface area contributed by atoms with Crippen molar-refractivity contribution in [2.24, 2.45) is 0 Å². The Kier molecular flexibility index (Phi) is 39.4. The first-order valence-corrected chi connectivity index (χ1v) is 25.2. The molecule has 0 aliphatic rings. The number of carbonyl (C=O) groups is 2. The molecule has 2 atom stereocenters. The molecule has 0 aromatic rings. The minimum Gasteiger partial charge on any atom is -0.756 e. The van der Waals surface area contributed by atoms with Gasteiger partial charge in [-0.25, -0.2) is 0 Å². The van der Waals surface area contributed by atoms with Crippen LogP contribution in [0.2, 0.25) is 0 Å². The molecule has 0 saturated carbocycles. The lowest BCUT2D eigenvalue weighted by Crippen LogP contribution is -2.37. The second kappa shape index (κ2) is 40.6. The Morgan fingerprint density at radius 3 is 1.47 bits per heavy atom. The number of unbranched alkanes of at least 4 members (excludes halogenated alkanes) is 23. The molecule has 0 amide bonds. The summed E-state index contributed by atoms with van der Waals surface area (Å²) < 4.78 is 34.0. The fourth-order valence-corrected chi connectivity index (χ4v) is 7.22. The Labute approximate surface area is 357 Å². The van der Waals surface area contributed by atoms with E-state index in [1.165, 1.54) is 103 Å². The Morgan fingerprint density at radius 1 is 0.552 bits per heavy atom. The van der Waals surface area contributed by atoms with Crippen molar-refractivity contribution in [1.29, 1.82) is 0 Å². The molecule has 0 aromatic heterocycles. The van der Waals surface area contributed by atoms with Gasteiger partial charge in [-0.05, 0) is 44.9 Å². The largest absolute Gasteiger partial charge is 0.756 e. The van der Waals surface area contributed by atoms with E-state index in [-0.39, 0.29) is 26.1 Å². The van der Waals surface area contributed by atoms with Crippen LogP contribution in [-0.2, 0) is 32.7 Å². The maximum atomic E-state index is 12.7. The van der Waals surface area contributed by atoms with Gasteiger partial charge in [0.2, 0.25) is 0 Å². The number of esters is 2. The number of phosphoric ester groups is 1. The molecule has 0 radical (unpaired) electrons. The smallest absolute Gasteiger partial charge is 0.306 e. The molecule has 0 bridgehead atoms. The SMILES string of the molecule is CC/C=C\C/C=C\C/C=C\CCCCCCCC(=O)OC[C@H](COP(=O)([O-])OCC[N+](C)(C)C)OC(=O)CCCCCCCCCCCCCCCCCCCCC. The fourth-order valence-electron chi connectivity index (χ4n) is 6.49. The van der Waals surface area contributed by atoms with E-state index in [1.807, 2.05) is 21.1 Å². The molecule has 0 spiro atoms. The molecule has 0 fully saturated rings. The molecule has 340 valence electrons. The Bertz CT molecular complexity index is 1090. The van der Waals surface area contributed by atoms with Crippen LogP contribution in [0.4, 0.5) is 0 Å². The zero-order valence-electron chi connectivity index (χ0n) is 38.2. The summed E-state index contributed by atoms with van der Waals surface area (Å²) in [5.74, 6) is -0.847. The summed E-state index contributed by atoms with van der Waals surface area (Å²) in [6.07, 6.45) is 46.0. The summed E-state index contributed by atoms with van der Waals surface area (Å²) in [6, 6.07) is 0. The van der Waals surface area contributed by atoms with E-state index in [2.05, 4.69) is 50.3 Å². The number of quaternary nitrogens is 1. The second-order valence-corrected chi connectivity index (χ2v) is 18.5. The van der Waals surface area contributed by atoms with Gasteiger partial charge in [-0.3, -0.25) is 14.2 Å². The van der Waals surface area contributed by atoms with Crippen LogP contribution in [0, 0.1) is 0 Å². The van der Waals surface area contributed by atoms with Crippen molar-refractivity contribution in [2.45, 2.75) is 213 Å². The maximum absolute atomic E-state index is 12.7. The van der Waals surface area contributed by atoms with Gasteiger partial charge >= 0.3 is 11.9 Å². The van der Waals surface area contributed by atoms with Crippen molar-refractivity contribution in [3.8, 4) is 0 Å². The van der Waals surface area contributed by atoms with Crippen LogP contribution < -0.4 is 4.89 Å². The van der Waals surface area contributed by atoms with E-state index in [4.69, 9.17) is 18.5 Å². The van der Waals surface area contributed by atoms with E-state index in [0.717, 1.165) is 64.2 Å². The predicted molar refractivity (Wildman–Crippen MR) is 241 cm³/mol. The zero-order chi connectivity index (χ0) is 42.8. The van der Waals surface area contributed by atoms with Crippen LogP contribution in [0.25, 0.3) is 0 Å². The van der Waals surface area contributed by atoms with Gasteiger partial charge in [0, 0.05) is 12.8 Å². The van der Waals surface area contributed by atoms with Crippen molar-refractivity contribution < 1.29 is 42.1 Å². The van der Waals surface area contributed by atoms with Gasteiger partial charge in [-0.2, -0.15) is 0 Å². The number of phosphoric acid groups is 1. The van der Waals surface area contributed by atoms with Crippen LogP contribution in [0.5, 0.6) is 0 Å². The van der Waals surface area contributed by atoms with Crippen molar-refractivity contribution in [3.63, 3.8) is 0 Å². The van der Waals surface area contributed by atoms with Crippen LogP contribution in [0.1, 0.15) is 206 Å². The van der Waals surface area contributed by atoms with Crippen LogP contribution in [0.15, 0.2) is 36.5 Å². The Balaban J connectivity index is 4.29. The third-order valence-corrected chi connectivity index (χ3v) is 11.1. The number of rotatable bonds is 43. The highest BCUT2D eigenvalue weighted by molar-refractivity contribution is 7.45. The lowest BCUT2D eigenvalue weighted by molar-refractivity contribution is -0.870. The number of allylic oxidation sites excluding steroid dienone is 6. The molecule has 1 unspecified atom stereocenters. The summed E-state index contributed by atoms with van der Waals surface area (Å²) in [4.78, 5) is 37.6. The Hall–Kier alpha value is -1.77. The summed E-state index contributed by atoms with van der Waals surface area (Å²) in [5, 5.41) is 0. The summed E-state index contributed by atoms with van der Waals surface area (Å²) in [5.41, 5.74) is 0. The first kappa shape index (κ1) is 56.2. The summed E-state index contributed by atoms with van der Waals surface area (Å²) in [7, 11) is 1.16. The average molecular weight is 840 g/mol. The second-order valence-electron chi connectivity index (χ2n) is 17.1. The van der Waals surface area contributed by atoms with E-state index < -0.39 is 32.5 Å². The van der Waals surface area contributed by atoms with Crippen molar-refractivity contribution in [2.75, 3.05) is 47.5 Å². The molecule has 0 saturated heterocycles. The zero-order valence-corrected chi connectivity index (χ0v) is 39.1. The summed E-state index contributed by atoms with van der Waals surface area (Å²) in [6.45, 7) is 4.12. The van der Waals surface area contributed by atoms with E-state index in [1.54, 1.807) is 0 Å². The predicted octanol–water partition coefficient (Wildman–Crippen LogP) is 13.1. The molecule has 0 aromatic carbocycles. The molecule has 0 N–H and O–H groups in total. The highest BCUT2D eigenvalue weighted by Crippen LogP contribution is 2.38. The topological polar surface area (TPSA) is 111 Å². The highest BCUT2D eigenvalue weighted by atomic mass is 31.2. The monoisotopic (exact) mass is 840 g/mol. The molecule has 0 aliphatic heterocycles. The number of carbonyl (C=O) groups excluding carboxylic acids is 2. The first-order valence-electron chi connectivity index (χ1n) is 23.7. The van der Waals surface area contributed by atoms with Crippen molar-refractivity contribution in [1.82, 2.24) is 0 Å². The molecule has 9 nitrogen and oxygen atoms in total. The van der Waals surface area contributed by atoms with Gasteiger partial charge in [0.25, 0.3) is 7.82 Å². The van der Waals surface area contributed by atoms with E-state index in [0.29, 0.717) is 23.9 Å². The van der Waals surface area contributed by atoms with E-state index >= 15 is 0 Å². The van der Waals surface area contributed by atoms with Crippen molar-refractivity contribution in [3.05, 3.63) is 36.5 Å². The van der Waals surface area contributed by atoms with Crippen molar-refractivity contribution >= 4 is 19.8 Å².